The van der Waals surface area contributed by atoms with Crippen LogP contribution in [0.5, 0.6) is 0 Å². The van der Waals surface area contributed by atoms with Gasteiger partial charge in [-0.2, -0.15) is 5.10 Å². The number of nitrogens with one attached hydrogen (secondary N) is 1. The van der Waals surface area contributed by atoms with Gasteiger partial charge in [-0.1, -0.05) is 12.1 Å². The topological polar surface area (TPSA) is 64.7 Å². The van der Waals surface area contributed by atoms with Crippen molar-refractivity contribution in [3.05, 3.63) is 71.2 Å². The van der Waals surface area contributed by atoms with Gasteiger partial charge in [-0.15, -0.1) is 0 Å². The number of aromatic nitrogens is 4. The van der Waals surface area contributed by atoms with Crippen LogP contribution in [0.3, 0.4) is 0 Å². The lowest BCUT2D eigenvalue weighted by atomic mass is 10.1. The molecule has 28 heavy (non-hydrogen) atoms. The van der Waals surface area contributed by atoms with Crippen LogP contribution in [0.15, 0.2) is 48.8 Å². The fourth-order valence-corrected chi connectivity index (χ4v) is 3.45. The van der Waals surface area contributed by atoms with Crippen molar-refractivity contribution in [1.29, 1.82) is 0 Å². The van der Waals surface area contributed by atoms with Crippen LogP contribution in [0.2, 0.25) is 0 Å². The lowest BCUT2D eigenvalue weighted by Crippen LogP contribution is -2.20. The fourth-order valence-electron chi connectivity index (χ4n) is 3.45. The Morgan fingerprint density at radius 2 is 1.79 bits per heavy atom. The van der Waals surface area contributed by atoms with Crippen LogP contribution in [0.1, 0.15) is 22.4 Å². The molecule has 0 unspecified atom stereocenters. The molecule has 0 bridgehead atoms. The number of nitrogens with zero attached hydrogens (tertiary/aromatic N) is 4. The Morgan fingerprint density at radius 3 is 2.54 bits per heavy atom. The molecule has 1 aromatic carbocycles. The minimum atomic E-state index is -0.127. The molecule has 142 valence electrons. The number of hydrogen-bond acceptors (Lipinski definition) is 3. The maximum absolute atomic E-state index is 12.7. The first-order valence-electron chi connectivity index (χ1n) is 9.27. The molecule has 4 rings (SSSR count). The first-order chi connectivity index (χ1) is 13.4. The number of rotatable bonds is 4. The molecule has 0 atom stereocenters. The minimum absolute atomic E-state index is 0.0983. The largest absolute Gasteiger partial charge is 0.324 e. The number of carbonyl (C=O) groups excluding carboxylic acids is 1. The molecule has 0 spiro atoms. The number of amides is 1. The zero-order chi connectivity index (χ0) is 19.8. The smallest absolute Gasteiger partial charge is 0.246 e. The van der Waals surface area contributed by atoms with E-state index in [-0.39, 0.29) is 12.5 Å². The highest BCUT2D eigenvalue weighted by Crippen LogP contribution is 2.25. The third-order valence-corrected chi connectivity index (χ3v) is 4.82. The van der Waals surface area contributed by atoms with Crippen LogP contribution in [0.4, 0.5) is 5.69 Å². The number of carbonyl (C=O) groups is 1. The van der Waals surface area contributed by atoms with Gasteiger partial charge >= 0.3 is 0 Å². The van der Waals surface area contributed by atoms with Gasteiger partial charge in [-0.05, 0) is 68.7 Å². The van der Waals surface area contributed by atoms with Crippen molar-refractivity contribution in [2.45, 2.75) is 34.2 Å². The van der Waals surface area contributed by atoms with E-state index in [2.05, 4.69) is 10.3 Å². The molecule has 0 fully saturated rings. The summed E-state index contributed by atoms with van der Waals surface area (Å²) in [6.45, 7) is 8.09. The molecule has 3 aromatic heterocycles. The van der Waals surface area contributed by atoms with E-state index in [0.717, 1.165) is 44.9 Å². The lowest BCUT2D eigenvalue weighted by molar-refractivity contribution is -0.116. The summed E-state index contributed by atoms with van der Waals surface area (Å²) < 4.78 is 3.64. The van der Waals surface area contributed by atoms with E-state index in [4.69, 9.17) is 5.10 Å². The van der Waals surface area contributed by atoms with Crippen molar-refractivity contribution in [1.82, 2.24) is 19.3 Å². The van der Waals surface area contributed by atoms with Crippen molar-refractivity contribution in [2.24, 2.45) is 0 Å². The molecule has 0 saturated heterocycles. The Bertz CT molecular complexity index is 1170. The summed E-state index contributed by atoms with van der Waals surface area (Å²) in [6.07, 6.45) is 3.89. The molecule has 3 heterocycles. The molecular formula is C22H23N5O. The standard InChI is InChI=1S/C22H23N5O/c1-14-7-8-15(2)18(11-14)24-19(28)13-27-21-20(16(3)12-17(4)23-21)22(25-27)26-9-5-6-10-26/h5-12H,13H2,1-4H3,(H,24,28). The summed E-state index contributed by atoms with van der Waals surface area (Å²) in [7, 11) is 0. The summed E-state index contributed by atoms with van der Waals surface area (Å²) in [4.78, 5) is 17.4. The summed E-state index contributed by atoms with van der Waals surface area (Å²) >= 11 is 0. The summed E-state index contributed by atoms with van der Waals surface area (Å²) in [5.41, 5.74) is 5.67. The van der Waals surface area contributed by atoms with Gasteiger partial charge in [0.25, 0.3) is 0 Å². The fraction of sp³-hybridized carbons (Fsp3) is 0.227. The highest BCUT2D eigenvalue weighted by molar-refractivity contribution is 5.93. The van der Waals surface area contributed by atoms with E-state index in [1.807, 2.05) is 81.1 Å². The van der Waals surface area contributed by atoms with Gasteiger partial charge in [0, 0.05) is 23.8 Å². The first kappa shape index (κ1) is 18.0. The van der Waals surface area contributed by atoms with E-state index in [1.54, 1.807) is 4.68 Å². The number of hydrogen-bond donors (Lipinski definition) is 1. The van der Waals surface area contributed by atoms with E-state index < -0.39 is 0 Å². The molecule has 0 aliphatic rings. The molecule has 0 radical (unpaired) electrons. The van der Waals surface area contributed by atoms with Crippen molar-refractivity contribution in [3.63, 3.8) is 0 Å². The molecule has 4 aromatic rings. The molecule has 1 N–H and O–H groups in total. The van der Waals surface area contributed by atoms with Gasteiger partial charge in [0.05, 0.1) is 5.39 Å². The van der Waals surface area contributed by atoms with E-state index >= 15 is 0 Å². The molecule has 0 saturated carbocycles. The predicted octanol–water partition coefficient (Wildman–Crippen LogP) is 4.09. The second kappa shape index (κ2) is 6.96. The van der Waals surface area contributed by atoms with Crippen LogP contribution in [0.25, 0.3) is 16.9 Å². The van der Waals surface area contributed by atoms with Crippen LogP contribution >= 0.6 is 0 Å². The maximum atomic E-state index is 12.7. The second-order valence-electron chi connectivity index (χ2n) is 7.22. The van der Waals surface area contributed by atoms with Gasteiger partial charge in [0.2, 0.25) is 5.91 Å². The van der Waals surface area contributed by atoms with E-state index in [9.17, 15) is 4.79 Å². The van der Waals surface area contributed by atoms with Crippen molar-refractivity contribution >= 4 is 22.6 Å². The Hall–Kier alpha value is -3.41. The minimum Gasteiger partial charge on any atom is -0.324 e. The summed E-state index contributed by atoms with van der Waals surface area (Å²) in [5.74, 6) is 0.655. The van der Waals surface area contributed by atoms with E-state index in [1.165, 1.54) is 0 Å². The van der Waals surface area contributed by atoms with Crippen LogP contribution in [-0.2, 0) is 11.3 Å². The zero-order valence-corrected chi connectivity index (χ0v) is 16.5. The van der Waals surface area contributed by atoms with Crippen molar-refractivity contribution in [2.75, 3.05) is 5.32 Å². The Labute approximate surface area is 163 Å². The molecular weight excluding hydrogens is 350 g/mol. The van der Waals surface area contributed by atoms with Gasteiger partial charge < -0.3 is 9.88 Å². The van der Waals surface area contributed by atoms with Gasteiger partial charge in [0.15, 0.2) is 11.5 Å². The van der Waals surface area contributed by atoms with Crippen molar-refractivity contribution in [3.8, 4) is 5.82 Å². The average molecular weight is 373 g/mol. The monoisotopic (exact) mass is 373 g/mol. The highest BCUT2D eigenvalue weighted by atomic mass is 16.2. The zero-order valence-electron chi connectivity index (χ0n) is 16.5. The third kappa shape index (κ3) is 3.29. The molecule has 0 aliphatic carbocycles. The molecule has 1 amide bonds. The van der Waals surface area contributed by atoms with Crippen LogP contribution in [0, 0.1) is 27.7 Å². The van der Waals surface area contributed by atoms with E-state index in [0.29, 0.717) is 0 Å². The average Bonchev–Trinajstić information content (AvgIpc) is 3.26. The number of pyridine rings is 1. The molecule has 6 nitrogen and oxygen atoms in total. The van der Waals surface area contributed by atoms with Crippen LogP contribution < -0.4 is 5.32 Å². The Kier molecular flexibility index (Phi) is 4.47. The lowest BCUT2D eigenvalue weighted by Gasteiger charge is -2.10. The number of fused-ring (bicyclic) bond motifs is 1. The molecule has 0 aliphatic heterocycles. The number of anilines is 1. The summed E-state index contributed by atoms with van der Waals surface area (Å²) in [6, 6.07) is 12.0. The Balaban J connectivity index is 1.72. The number of benzene rings is 1. The SMILES string of the molecule is Cc1ccc(C)c(NC(=O)Cn2nc(-n3cccc3)c3c(C)cc(C)nc32)c1. The Morgan fingerprint density at radius 1 is 1.04 bits per heavy atom. The van der Waals surface area contributed by atoms with Crippen molar-refractivity contribution < 1.29 is 4.79 Å². The number of aryl methyl sites for hydroxylation is 4. The van der Waals surface area contributed by atoms with Crippen LogP contribution in [-0.4, -0.2) is 25.2 Å². The first-order valence-corrected chi connectivity index (χ1v) is 9.27. The molecule has 6 heteroatoms. The quantitative estimate of drug-likeness (QED) is 0.586. The normalized spacial score (nSPS) is 11.1. The maximum Gasteiger partial charge on any atom is 0.246 e. The predicted molar refractivity (Wildman–Crippen MR) is 111 cm³/mol. The summed E-state index contributed by atoms with van der Waals surface area (Å²) in [5, 5.41) is 8.67. The highest BCUT2D eigenvalue weighted by Gasteiger charge is 2.18. The second-order valence-corrected chi connectivity index (χ2v) is 7.22. The van der Waals surface area contributed by atoms with Gasteiger partial charge in [-0.3, -0.25) is 4.79 Å². The van der Waals surface area contributed by atoms with Gasteiger partial charge in [-0.25, -0.2) is 9.67 Å². The third-order valence-electron chi connectivity index (χ3n) is 4.82. The van der Waals surface area contributed by atoms with Gasteiger partial charge in [0.1, 0.15) is 6.54 Å².